The number of phosphoric acid groups is 1. The summed E-state index contributed by atoms with van der Waals surface area (Å²) in [6.07, 6.45) is 17.4. The number of halogens is 1. The number of rotatable bonds is 30. The van der Waals surface area contributed by atoms with Crippen LogP contribution < -0.4 is 5.73 Å². The first-order chi connectivity index (χ1) is 28.5. The minimum Gasteiger partial charge on any atom is -0.387 e. The molecule has 1 aromatic carbocycles. The molecule has 1 fully saturated rings. The Labute approximate surface area is 347 Å². The molecule has 1 saturated heterocycles. The summed E-state index contributed by atoms with van der Waals surface area (Å²) in [5.41, 5.74) is 5.32. The number of nitrogens with zero attached hydrogens (tertiary/aromatic N) is 5. The zero-order chi connectivity index (χ0) is 42.5. The van der Waals surface area contributed by atoms with Crippen molar-refractivity contribution in [1.29, 1.82) is 5.26 Å². The molecular formula is C42H64FN6O9P. The van der Waals surface area contributed by atoms with Gasteiger partial charge in [-0.2, -0.15) is 10.4 Å². The first-order valence-electron chi connectivity index (χ1n) is 21.1. The van der Waals surface area contributed by atoms with Gasteiger partial charge in [0.15, 0.2) is 11.4 Å². The SMILES string of the molecule is CCCCCCCCCCCCCCCCCCOC[C@H](COP(=O)(O)OCC1O[C@@](C=NC)(c2ccc3c(N)ncnn23)[C@H](O)[C@@H]1O)OCc1ccc(C#N)c(F)c1. The Hall–Kier alpha value is -3.36. The molecule has 59 heavy (non-hydrogen) atoms. The lowest BCUT2D eigenvalue weighted by Crippen LogP contribution is -2.43. The Morgan fingerprint density at radius 3 is 2.25 bits per heavy atom. The van der Waals surface area contributed by atoms with Crippen molar-refractivity contribution in [2.24, 2.45) is 4.99 Å². The first kappa shape index (κ1) is 48.3. The van der Waals surface area contributed by atoms with Gasteiger partial charge in [0.05, 0.1) is 37.7 Å². The summed E-state index contributed by atoms with van der Waals surface area (Å²) >= 11 is 0. The summed E-state index contributed by atoms with van der Waals surface area (Å²) in [6, 6.07) is 9.09. The van der Waals surface area contributed by atoms with Crippen LogP contribution in [-0.4, -0.2) is 93.8 Å². The van der Waals surface area contributed by atoms with Crippen LogP contribution in [0.25, 0.3) is 5.52 Å². The fourth-order valence-corrected chi connectivity index (χ4v) is 8.02. The highest BCUT2D eigenvalue weighted by Gasteiger charge is 2.56. The van der Waals surface area contributed by atoms with Gasteiger partial charge in [-0.1, -0.05) is 109 Å². The number of fused-ring (bicyclic) bond motifs is 1. The van der Waals surface area contributed by atoms with Crippen molar-refractivity contribution in [1.82, 2.24) is 14.6 Å². The van der Waals surface area contributed by atoms with Gasteiger partial charge in [0.1, 0.15) is 48.1 Å². The lowest BCUT2D eigenvalue weighted by atomic mass is 9.92. The summed E-state index contributed by atoms with van der Waals surface area (Å²) in [7, 11) is -3.32. The van der Waals surface area contributed by atoms with Crippen LogP contribution in [0.4, 0.5) is 10.2 Å². The van der Waals surface area contributed by atoms with Gasteiger partial charge in [-0.3, -0.25) is 14.0 Å². The number of aliphatic imine (C=N–C) groups is 1. The molecule has 1 aliphatic heterocycles. The maximum atomic E-state index is 14.3. The van der Waals surface area contributed by atoms with Crippen LogP contribution in [0.3, 0.4) is 0 Å². The van der Waals surface area contributed by atoms with Crippen molar-refractivity contribution in [3.63, 3.8) is 0 Å². The summed E-state index contributed by atoms with van der Waals surface area (Å²) in [5, 5.41) is 35.5. The number of unbranched alkanes of at least 4 members (excludes halogenated alkanes) is 15. The number of anilines is 1. The van der Waals surface area contributed by atoms with E-state index >= 15 is 0 Å². The third-order valence-electron chi connectivity index (χ3n) is 10.6. The van der Waals surface area contributed by atoms with Gasteiger partial charge in [0.25, 0.3) is 0 Å². The van der Waals surface area contributed by atoms with Crippen LogP contribution in [0.1, 0.15) is 126 Å². The molecule has 3 aromatic rings. The zero-order valence-corrected chi connectivity index (χ0v) is 35.5. The highest BCUT2D eigenvalue weighted by Crippen LogP contribution is 2.46. The maximum absolute atomic E-state index is 14.3. The van der Waals surface area contributed by atoms with E-state index in [1.165, 1.54) is 120 Å². The van der Waals surface area contributed by atoms with Gasteiger partial charge < -0.3 is 35.1 Å². The van der Waals surface area contributed by atoms with Crippen LogP contribution in [0.2, 0.25) is 0 Å². The van der Waals surface area contributed by atoms with E-state index in [1.54, 1.807) is 24.3 Å². The highest BCUT2D eigenvalue weighted by atomic mass is 31.2. The normalized spacial score (nSPS) is 21.0. The van der Waals surface area contributed by atoms with Gasteiger partial charge in [-0.25, -0.2) is 18.5 Å². The number of ether oxygens (including phenoxy) is 3. The number of benzene rings is 1. The number of aromatic nitrogens is 3. The first-order valence-corrected chi connectivity index (χ1v) is 22.6. The van der Waals surface area contributed by atoms with Crippen molar-refractivity contribution >= 4 is 25.4 Å². The predicted molar refractivity (Wildman–Crippen MR) is 222 cm³/mol. The van der Waals surface area contributed by atoms with E-state index in [0.717, 1.165) is 19.3 Å². The maximum Gasteiger partial charge on any atom is 0.472 e. The highest BCUT2D eigenvalue weighted by molar-refractivity contribution is 7.47. The summed E-state index contributed by atoms with van der Waals surface area (Å²) < 4.78 is 57.2. The molecule has 328 valence electrons. The molecule has 6 atom stereocenters. The fraction of sp³-hybridized carbons (Fsp3) is 0.667. The van der Waals surface area contributed by atoms with Gasteiger partial charge >= 0.3 is 7.82 Å². The standard InChI is InChI=1S/C42H64FN6O9P/c1-3-4-5-6-7-8-9-10-11-12-13-14-15-16-17-18-23-54-27-34(55-26-32-19-20-33(25-44)35(43)24-32)28-56-59(52,53)57-29-37-39(50)40(51)42(58-37,30-46-2)38-22-21-36-41(45)47-31-48-49(36)38/h19-22,24,30-31,34,37,39-40,50-51H,3-18,23,26-29H2,1-2H3,(H,52,53)(H2,45,47,48)/t34-,37?,39-,40-,42+/m1/s1. The number of nitriles is 1. The Morgan fingerprint density at radius 1 is 1.00 bits per heavy atom. The van der Waals surface area contributed by atoms with Gasteiger partial charge in [-0.05, 0) is 36.2 Å². The molecule has 0 spiro atoms. The number of nitrogens with two attached hydrogens (primary N) is 1. The molecule has 2 aromatic heterocycles. The minimum atomic E-state index is -4.78. The number of hydrogen-bond acceptors (Lipinski definition) is 13. The van der Waals surface area contributed by atoms with E-state index in [2.05, 4.69) is 22.0 Å². The van der Waals surface area contributed by atoms with E-state index in [9.17, 15) is 24.1 Å². The van der Waals surface area contributed by atoms with Crippen LogP contribution in [-0.2, 0) is 40.0 Å². The molecular weight excluding hydrogens is 782 g/mol. The van der Waals surface area contributed by atoms with E-state index in [1.807, 2.05) is 0 Å². The molecule has 1 aliphatic rings. The average Bonchev–Trinajstić information content (AvgIpc) is 3.77. The summed E-state index contributed by atoms with van der Waals surface area (Å²) in [5.74, 6) is -0.509. The Bertz CT molecular complexity index is 1810. The van der Waals surface area contributed by atoms with Crippen molar-refractivity contribution in [3.05, 3.63) is 59.3 Å². The van der Waals surface area contributed by atoms with Crippen LogP contribution in [0.15, 0.2) is 41.7 Å². The number of hydrogen-bond donors (Lipinski definition) is 4. The van der Waals surface area contributed by atoms with Gasteiger partial charge in [0, 0.05) is 19.9 Å². The summed E-state index contributed by atoms with van der Waals surface area (Å²) in [6.45, 7) is 1.58. The molecule has 3 heterocycles. The summed E-state index contributed by atoms with van der Waals surface area (Å²) in [4.78, 5) is 18.7. The fourth-order valence-electron chi connectivity index (χ4n) is 7.25. The molecule has 0 amide bonds. The number of aliphatic hydroxyl groups is 2. The molecule has 5 N–H and O–H groups in total. The molecule has 0 bridgehead atoms. The predicted octanol–water partition coefficient (Wildman–Crippen LogP) is 7.34. The van der Waals surface area contributed by atoms with E-state index < -0.39 is 56.9 Å². The number of phosphoric ester groups is 1. The third-order valence-corrected chi connectivity index (χ3v) is 11.6. The molecule has 0 radical (unpaired) electrons. The zero-order valence-electron chi connectivity index (χ0n) is 34.6. The van der Waals surface area contributed by atoms with E-state index in [-0.39, 0.29) is 30.3 Å². The van der Waals surface area contributed by atoms with Crippen molar-refractivity contribution < 1.29 is 47.3 Å². The van der Waals surface area contributed by atoms with Crippen molar-refractivity contribution in [2.75, 3.05) is 39.2 Å². The Morgan fingerprint density at radius 2 is 1.64 bits per heavy atom. The van der Waals surface area contributed by atoms with E-state index in [4.69, 9.17) is 34.3 Å². The molecule has 15 nitrogen and oxygen atoms in total. The van der Waals surface area contributed by atoms with Crippen LogP contribution in [0, 0.1) is 17.1 Å². The molecule has 17 heteroatoms. The molecule has 4 rings (SSSR count). The quantitative estimate of drug-likeness (QED) is 0.0294. The monoisotopic (exact) mass is 846 g/mol. The second kappa shape index (κ2) is 25.4. The Kier molecular flexibility index (Phi) is 20.8. The van der Waals surface area contributed by atoms with Crippen molar-refractivity contribution in [3.8, 4) is 6.07 Å². The molecule has 2 unspecified atom stereocenters. The lowest BCUT2D eigenvalue weighted by molar-refractivity contribution is -0.0626. The lowest BCUT2D eigenvalue weighted by Gasteiger charge is -2.27. The smallest absolute Gasteiger partial charge is 0.387 e. The van der Waals surface area contributed by atoms with Crippen LogP contribution >= 0.6 is 7.82 Å². The largest absolute Gasteiger partial charge is 0.472 e. The van der Waals surface area contributed by atoms with Crippen LogP contribution in [0.5, 0.6) is 0 Å². The number of nitrogen functional groups attached to an aromatic ring is 1. The van der Waals surface area contributed by atoms with Gasteiger partial charge in [0.2, 0.25) is 0 Å². The molecule has 0 aliphatic carbocycles. The number of aliphatic hydroxyl groups excluding tert-OH is 2. The third kappa shape index (κ3) is 14.9. The minimum absolute atomic E-state index is 0.0202. The second-order valence-corrected chi connectivity index (χ2v) is 16.7. The molecule has 0 saturated carbocycles. The Balaban J connectivity index is 1.21. The van der Waals surface area contributed by atoms with Crippen molar-refractivity contribution in [2.45, 2.75) is 146 Å². The van der Waals surface area contributed by atoms with E-state index in [0.29, 0.717) is 17.7 Å². The topological polar surface area (TPSA) is 216 Å². The average molecular weight is 847 g/mol. The van der Waals surface area contributed by atoms with Gasteiger partial charge in [-0.15, -0.1) is 0 Å². The second-order valence-electron chi connectivity index (χ2n) is 15.2.